The molecule has 0 aliphatic heterocycles. The summed E-state index contributed by atoms with van der Waals surface area (Å²) in [5.74, 6) is -0.330. The lowest BCUT2D eigenvalue weighted by Gasteiger charge is -2.01. The van der Waals surface area contributed by atoms with Crippen molar-refractivity contribution >= 4 is 28.6 Å². The highest BCUT2D eigenvalue weighted by atomic mass is 127. The molecule has 0 amide bonds. The third-order valence-corrected chi connectivity index (χ3v) is 3.00. The minimum Gasteiger partial charge on any atom is -0.465 e. The van der Waals surface area contributed by atoms with E-state index in [-0.39, 0.29) is 5.97 Å². The second kappa shape index (κ2) is 4.65. The number of H-pyrrole nitrogens is 1. The van der Waals surface area contributed by atoms with Crippen LogP contribution < -0.4 is 0 Å². The van der Waals surface area contributed by atoms with Gasteiger partial charge in [-0.1, -0.05) is 12.1 Å². The van der Waals surface area contributed by atoms with Gasteiger partial charge in [0.05, 0.1) is 16.2 Å². The van der Waals surface area contributed by atoms with E-state index in [0.29, 0.717) is 5.56 Å². The van der Waals surface area contributed by atoms with Gasteiger partial charge in [0.15, 0.2) is 0 Å². The molecule has 0 radical (unpaired) electrons. The monoisotopic (exact) mass is 328 g/mol. The van der Waals surface area contributed by atoms with Crippen LogP contribution in [0.2, 0.25) is 0 Å². The van der Waals surface area contributed by atoms with E-state index in [1.807, 2.05) is 18.3 Å². The molecule has 82 valence electrons. The summed E-state index contributed by atoms with van der Waals surface area (Å²) in [6, 6.07) is 7.16. The van der Waals surface area contributed by atoms with Crippen LogP contribution in [0.1, 0.15) is 10.4 Å². The molecule has 2 aromatic rings. The topological polar surface area (TPSA) is 55.0 Å². The zero-order valence-corrected chi connectivity index (χ0v) is 10.7. The lowest BCUT2D eigenvalue weighted by Crippen LogP contribution is -2.00. The molecule has 0 bridgehead atoms. The molecule has 0 atom stereocenters. The Balaban J connectivity index is 2.33. The largest absolute Gasteiger partial charge is 0.465 e. The average Bonchev–Trinajstić information content (AvgIpc) is 2.75. The zero-order chi connectivity index (χ0) is 11.5. The summed E-state index contributed by atoms with van der Waals surface area (Å²) < 4.78 is 5.67. The number of nitrogens with one attached hydrogen (secondary N) is 1. The van der Waals surface area contributed by atoms with Crippen LogP contribution in [0.5, 0.6) is 0 Å². The van der Waals surface area contributed by atoms with E-state index in [1.165, 1.54) is 7.11 Å². The fourth-order valence-corrected chi connectivity index (χ4v) is 1.93. The molecular formula is C11H9IN2O2. The Morgan fingerprint density at radius 1 is 1.38 bits per heavy atom. The molecule has 1 heterocycles. The predicted molar refractivity (Wildman–Crippen MR) is 68.1 cm³/mol. The first-order valence-electron chi connectivity index (χ1n) is 4.60. The van der Waals surface area contributed by atoms with Crippen molar-refractivity contribution < 1.29 is 9.53 Å². The van der Waals surface area contributed by atoms with Gasteiger partial charge in [-0.05, 0) is 34.7 Å². The lowest BCUT2D eigenvalue weighted by molar-refractivity contribution is 0.0601. The van der Waals surface area contributed by atoms with E-state index >= 15 is 0 Å². The molecule has 4 nitrogen and oxygen atoms in total. The fourth-order valence-electron chi connectivity index (χ4n) is 1.36. The molecule has 1 N–H and O–H groups in total. The van der Waals surface area contributed by atoms with Crippen molar-refractivity contribution in [3.63, 3.8) is 0 Å². The third-order valence-electron chi connectivity index (χ3n) is 2.17. The quantitative estimate of drug-likeness (QED) is 0.681. The van der Waals surface area contributed by atoms with Gasteiger partial charge in [-0.15, -0.1) is 0 Å². The first-order valence-corrected chi connectivity index (χ1v) is 5.68. The lowest BCUT2D eigenvalue weighted by atomic mass is 10.1. The fraction of sp³-hybridized carbons (Fsp3) is 0.0909. The maximum Gasteiger partial charge on any atom is 0.337 e. The molecule has 0 saturated heterocycles. The molecule has 0 fully saturated rings. The van der Waals surface area contributed by atoms with E-state index < -0.39 is 0 Å². The number of ether oxygens (including phenoxy) is 1. The second-order valence-electron chi connectivity index (χ2n) is 3.15. The van der Waals surface area contributed by atoms with Gasteiger partial charge >= 0.3 is 5.97 Å². The van der Waals surface area contributed by atoms with Gasteiger partial charge in [-0.25, -0.2) is 4.79 Å². The van der Waals surface area contributed by atoms with E-state index in [1.54, 1.807) is 12.1 Å². The van der Waals surface area contributed by atoms with Crippen LogP contribution in [0.3, 0.4) is 0 Å². The first-order chi connectivity index (χ1) is 7.72. The van der Waals surface area contributed by atoms with Gasteiger partial charge in [0.2, 0.25) is 0 Å². The van der Waals surface area contributed by atoms with Gasteiger partial charge in [-0.3, -0.25) is 5.10 Å². The number of aromatic amines is 1. The van der Waals surface area contributed by atoms with Gasteiger partial charge in [0.25, 0.3) is 0 Å². The number of halogens is 1. The summed E-state index contributed by atoms with van der Waals surface area (Å²) >= 11 is 2.20. The normalized spacial score (nSPS) is 10.1. The van der Waals surface area contributed by atoms with Crippen molar-refractivity contribution in [2.24, 2.45) is 0 Å². The van der Waals surface area contributed by atoms with Crippen LogP contribution >= 0.6 is 22.6 Å². The highest BCUT2D eigenvalue weighted by molar-refractivity contribution is 14.1. The average molecular weight is 328 g/mol. The Hall–Kier alpha value is -1.37. The Kier molecular flexibility index (Phi) is 3.23. The van der Waals surface area contributed by atoms with Crippen LogP contribution in [0, 0.1) is 3.57 Å². The summed E-state index contributed by atoms with van der Waals surface area (Å²) in [4.78, 5) is 11.2. The van der Waals surface area contributed by atoms with Crippen molar-refractivity contribution in [3.05, 3.63) is 39.6 Å². The Morgan fingerprint density at radius 2 is 2.06 bits per heavy atom. The number of aromatic nitrogens is 2. The first kappa shape index (κ1) is 11.1. The van der Waals surface area contributed by atoms with Crippen molar-refractivity contribution in [2.75, 3.05) is 7.11 Å². The zero-order valence-electron chi connectivity index (χ0n) is 8.53. The third kappa shape index (κ3) is 2.08. The van der Waals surface area contributed by atoms with Gasteiger partial charge in [0.1, 0.15) is 5.69 Å². The van der Waals surface area contributed by atoms with Crippen LogP contribution in [0.4, 0.5) is 0 Å². The summed E-state index contributed by atoms with van der Waals surface area (Å²) in [5.41, 5.74) is 2.40. The van der Waals surface area contributed by atoms with E-state index in [4.69, 9.17) is 0 Å². The van der Waals surface area contributed by atoms with Crippen molar-refractivity contribution in [3.8, 4) is 11.3 Å². The number of esters is 1. The van der Waals surface area contributed by atoms with Gasteiger partial charge in [-0.2, -0.15) is 5.10 Å². The summed E-state index contributed by atoms with van der Waals surface area (Å²) in [6.45, 7) is 0. The van der Waals surface area contributed by atoms with E-state index in [0.717, 1.165) is 14.8 Å². The minimum atomic E-state index is -0.330. The van der Waals surface area contributed by atoms with Crippen LogP contribution in [-0.4, -0.2) is 23.3 Å². The molecule has 0 spiro atoms. The highest BCUT2D eigenvalue weighted by Gasteiger charge is 2.08. The van der Waals surface area contributed by atoms with Crippen LogP contribution in [-0.2, 0) is 4.74 Å². The van der Waals surface area contributed by atoms with Crippen LogP contribution in [0.15, 0.2) is 30.5 Å². The Labute approximate surface area is 106 Å². The minimum absolute atomic E-state index is 0.330. The smallest absolute Gasteiger partial charge is 0.337 e. The van der Waals surface area contributed by atoms with Gasteiger partial charge < -0.3 is 4.74 Å². The summed E-state index contributed by atoms with van der Waals surface area (Å²) in [7, 11) is 1.37. The van der Waals surface area contributed by atoms with Gasteiger partial charge in [0, 0.05) is 11.8 Å². The number of hydrogen-bond acceptors (Lipinski definition) is 3. The number of benzene rings is 1. The summed E-state index contributed by atoms with van der Waals surface area (Å²) in [5, 5.41) is 6.93. The molecule has 0 unspecified atom stereocenters. The van der Waals surface area contributed by atoms with Crippen molar-refractivity contribution in [1.29, 1.82) is 0 Å². The molecule has 0 saturated carbocycles. The molecule has 1 aromatic carbocycles. The number of carbonyl (C=O) groups excluding carboxylic acids is 1. The van der Waals surface area contributed by atoms with Crippen LogP contribution in [0.25, 0.3) is 11.3 Å². The van der Waals surface area contributed by atoms with Crippen molar-refractivity contribution in [1.82, 2.24) is 10.2 Å². The molecule has 0 aliphatic rings. The predicted octanol–water partition coefficient (Wildman–Crippen LogP) is 2.47. The second-order valence-corrected chi connectivity index (χ2v) is 4.31. The number of methoxy groups -OCH3 is 1. The molecule has 1 aromatic heterocycles. The molecule has 2 rings (SSSR count). The number of hydrogen-bond donors (Lipinski definition) is 1. The maximum atomic E-state index is 11.2. The summed E-state index contributed by atoms with van der Waals surface area (Å²) in [6.07, 6.45) is 1.82. The SMILES string of the molecule is COC(=O)c1ccc(-c2n[nH]cc2I)cc1. The molecule has 16 heavy (non-hydrogen) atoms. The molecule has 5 heteroatoms. The molecule has 0 aliphatic carbocycles. The molecular weight excluding hydrogens is 319 g/mol. The Bertz CT molecular complexity index is 505. The highest BCUT2D eigenvalue weighted by Crippen LogP contribution is 2.22. The standard InChI is InChI=1S/C11H9IN2O2/c1-16-11(15)8-4-2-7(3-5-8)10-9(12)6-13-14-10/h2-6H,1H3,(H,13,14). The number of rotatable bonds is 2. The number of nitrogens with zero attached hydrogens (tertiary/aromatic N) is 1. The maximum absolute atomic E-state index is 11.2. The van der Waals surface area contributed by atoms with E-state index in [9.17, 15) is 4.79 Å². The van der Waals surface area contributed by atoms with E-state index in [2.05, 4.69) is 37.5 Å². The number of carbonyl (C=O) groups is 1. The van der Waals surface area contributed by atoms with Crippen molar-refractivity contribution in [2.45, 2.75) is 0 Å². The Morgan fingerprint density at radius 3 is 2.56 bits per heavy atom.